The Bertz CT molecular complexity index is 1260. The first-order chi connectivity index (χ1) is 16.7. The number of hydrogen-bond donors (Lipinski definition) is 1. The highest BCUT2D eigenvalue weighted by molar-refractivity contribution is 7.19. The number of thiazole rings is 1. The van der Waals surface area contributed by atoms with Gasteiger partial charge in [0.05, 0.1) is 11.8 Å². The van der Waals surface area contributed by atoms with Gasteiger partial charge in [-0.05, 0) is 60.8 Å². The maximum absolute atomic E-state index is 12.9. The summed E-state index contributed by atoms with van der Waals surface area (Å²) in [7, 11) is 0. The van der Waals surface area contributed by atoms with Gasteiger partial charge in [0.15, 0.2) is 5.13 Å². The van der Waals surface area contributed by atoms with Gasteiger partial charge in [0.2, 0.25) is 5.91 Å². The number of allylic oxidation sites excluding steroid dienone is 1. The third kappa shape index (κ3) is 5.59. The number of rotatable bonds is 5. The highest BCUT2D eigenvalue weighted by Gasteiger charge is 2.42. The number of benzene rings is 1. The van der Waals surface area contributed by atoms with Crippen LogP contribution in [-0.4, -0.2) is 15.9 Å². The molecule has 3 saturated carbocycles. The molecular weight excluding hydrogens is 495 g/mol. The van der Waals surface area contributed by atoms with E-state index < -0.39 is 11.7 Å². The van der Waals surface area contributed by atoms with Crippen LogP contribution in [0.3, 0.4) is 0 Å². The van der Waals surface area contributed by atoms with E-state index in [0.29, 0.717) is 33.4 Å². The fourth-order valence-electron chi connectivity index (χ4n) is 5.20. The molecule has 3 aliphatic carbocycles. The van der Waals surface area contributed by atoms with Gasteiger partial charge in [-0.2, -0.15) is 13.2 Å². The fraction of sp³-hybridized carbons (Fsp3) is 0.346. The molecule has 3 unspecified atom stereocenters. The molecule has 3 aliphatic rings. The summed E-state index contributed by atoms with van der Waals surface area (Å²) in [6.07, 6.45) is 4.57. The van der Waals surface area contributed by atoms with Crippen LogP contribution in [0.5, 0.6) is 0 Å². The van der Waals surface area contributed by atoms with Crippen molar-refractivity contribution in [3.05, 3.63) is 81.1 Å². The van der Waals surface area contributed by atoms with E-state index in [4.69, 9.17) is 11.6 Å². The number of hydrogen-bond acceptors (Lipinski definition) is 4. The third-order valence-electron chi connectivity index (χ3n) is 6.90. The van der Waals surface area contributed by atoms with Crippen LogP contribution in [0.2, 0.25) is 4.34 Å². The second-order valence-corrected chi connectivity index (χ2v) is 10.9. The highest BCUT2D eigenvalue weighted by atomic mass is 35.5. The normalized spacial score (nSPS) is 23.0. The predicted molar refractivity (Wildman–Crippen MR) is 131 cm³/mol. The predicted octanol–water partition coefficient (Wildman–Crippen LogP) is 7.26. The van der Waals surface area contributed by atoms with Crippen LogP contribution >= 0.6 is 22.9 Å². The number of halogens is 4. The number of fused-ring (bicyclic) bond motifs is 3. The van der Waals surface area contributed by atoms with E-state index in [1.54, 1.807) is 0 Å². The molecule has 0 saturated heterocycles. The molecule has 1 N–H and O–H groups in total. The molecule has 3 aromatic rings. The maximum atomic E-state index is 12.9. The number of amides is 1. The largest absolute Gasteiger partial charge is 0.417 e. The summed E-state index contributed by atoms with van der Waals surface area (Å²) < 4.78 is 38.9. The second kappa shape index (κ2) is 9.74. The summed E-state index contributed by atoms with van der Waals surface area (Å²) >= 11 is 7.18. The minimum absolute atomic E-state index is 0.0225. The van der Waals surface area contributed by atoms with Gasteiger partial charge in [0.25, 0.3) is 0 Å². The standard InChI is InChI=1S/C26H23ClF3N3OS/c27-23-14-32-25(35-23)33-24(34)22-12-17-4-5-18(22)11-19(17)9-15-2-1-3-16(8-15)10-21-7-6-20(13-31-21)26(28,29)30/h1-3,6-9,13-14,17-18,22H,4-5,10-12H2,(H,32,33,34)/b19-9+. The number of nitrogens with zero attached hydrogens (tertiary/aromatic N) is 2. The van der Waals surface area contributed by atoms with Crippen molar-refractivity contribution in [3.8, 4) is 0 Å². The van der Waals surface area contributed by atoms with Crippen molar-refractivity contribution in [2.24, 2.45) is 17.8 Å². The molecule has 9 heteroatoms. The van der Waals surface area contributed by atoms with Crippen molar-refractivity contribution in [1.82, 2.24) is 9.97 Å². The van der Waals surface area contributed by atoms with E-state index in [9.17, 15) is 18.0 Å². The number of alkyl halides is 3. The zero-order chi connectivity index (χ0) is 24.6. The van der Waals surface area contributed by atoms with Gasteiger partial charge >= 0.3 is 6.18 Å². The monoisotopic (exact) mass is 517 g/mol. The van der Waals surface area contributed by atoms with Crippen LogP contribution < -0.4 is 5.32 Å². The summed E-state index contributed by atoms with van der Waals surface area (Å²) in [5.41, 5.74) is 3.28. The first-order valence-electron chi connectivity index (χ1n) is 11.5. The van der Waals surface area contributed by atoms with Gasteiger partial charge in [-0.3, -0.25) is 9.78 Å². The van der Waals surface area contributed by atoms with Crippen LogP contribution in [0.15, 0.2) is 54.4 Å². The van der Waals surface area contributed by atoms with Gasteiger partial charge in [-0.1, -0.05) is 58.9 Å². The van der Waals surface area contributed by atoms with Crippen molar-refractivity contribution in [3.63, 3.8) is 0 Å². The first-order valence-corrected chi connectivity index (χ1v) is 12.7. The molecule has 3 fully saturated rings. The number of carbonyl (C=O) groups is 1. The molecule has 0 radical (unpaired) electrons. The van der Waals surface area contributed by atoms with E-state index in [0.717, 1.165) is 49.1 Å². The SMILES string of the molecule is O=C(Nc1ncc(Cl)s1)C1CC2CCC1C/C2=C\c1cccc(Cc2ccc(C(F)(F)F)cn2)c1. The molecule has 6 rings (SSSR count). The van der Waals surface area contributed by atoms with Crippen molar-refractivity contribution in [1.29, 1.82) is 0 Å². The molecule has 4 nitrogen and oxygen atoms in total. The van der Waals surface area contributed by atoms with Gasteiger partial charge in [0.1, 0.15) is 4.34 Å². The number of aromatic nitrogens is 2. The Labute approximate surface area is 210 Å². The average Bonchev–Trinajstić information content (AvgIpc) is 3.24. The minimum atomic E-state index is -4.38. The fourth-order valence-corrected chi connectivity index (χ4v) is 6.02. The Morgan fingerprint density at radius 1 is 1.17 bits per heavy atom. The quantitative estimate of drug-likeness (QED) is 0.387. The van der Waals surface area contributed by atoms with Crippen LogP contribution in [-0.2, 0) is 17.4 Å². The van der Waals surface area contributed by atoms with E-state index in [1.165, 1.54) is 29.2 Å². The van der Waals surface area contributed by atoms with Gasteiger partial charge in [0, 0.05) is 24.2 Å². The molecule has 0 aliphatic heterocycles. The number of carbonyl (C=O) groups excluding carboxylic acids is 1. The van der Waals surface area contributed by atoms with Crippen molar-refractivity contribution in [2.45, 2.75) is 38.3 Å². The van der Waals surface area contributed by atoms with Gasteiger partial charge in [-0.25, -0.2) is 4.98 Å². The molecule has 1 amide bonds. The van der Waals surface area contributed by atoms with Crippen LogP contribution in [0.4, 0.5) is 18.3 Å². The number of nitrogens with one attached hydrogen (secondary N) is 1. The lowest BCUT2D eigenvalue weighted by atomic mass is 9.62. The second-order valence-electron chi connectivity index (χ2n) is 9.22. The topological polar surface area (TPSA) is 54.9 Å². The van der Waals surface area contributed by atoms with Crippen molar-refractivity contribution < 1.29 is 18.0 Å². The molecule has 2 aromatic heterocycles. The van der Waals surface area contributed by atoms with E-state index in [-0.39, 0.29) is 11.8 Å². The summed E-state index contributed by atoms with van der Waals surface area (Å²) in [6.45, 7) is 0. The Kier molecular flexibility index (Phi) is 6.68. The average molecular weight is 518 g/mol. The highest BCUT2D eigenvalue weighted by Crippen LogP contribution is 2.49. The van der Waals surface area contributed by atoms with E-state index in [1.807, 2.05) is 18.2 Å². The van der Waals surface area contributed by atoms with Crippen LogP contribution in [0.25, 0.3) is 6.08 Å². The van der Waals surface area contributed by atoms with Crippen LogP contribution in [0, 0.1) is 17.8 Å². The summed E-state index contributed by atoms with van der Waals surface area (Å²) in [5.74, 6) is 0.679. The van der Waals surface area contributed by atoms with Crippen molar-refractivity contribution in [2.75, 3.05) is 5.32 Å². The summed E-state index contributed by atoms with van der Waals surface area (Å²) in [5, 5.41) is 3.46. The molecule has 182 valence electrons. The van der Waals surface area contributed by atoms with E-state index in [2.05, 4.69) is 27.4 Å². The molecular formula is C26H23ClF3N3OS. The molecule has 3 atom stereocenters. The molecule has 35 heavy (non-hydrogen) atoms. The molecule has 0 spiro atoms. The Morgan fingerprint density at radius 2 is 2.03 bits per heavy atom. The van der Waals surface area contributed by atoms with Gasteiger partial charge < -0.3 is 5.32 Å². The van der Waals surface area contributed by atoms with Crippen molar-refractivity contribution >= 4 is 40.1 Å². The smallest absolute Gasteiger partial charge is 0.302 e. The molecule has 2 bridgehead atoms. The maximum Gasteiger partial charge on any atom is 0.417 e. The molecule has 2 heterocycles. The Balaban J connectivity index is 1.25. The number of anilines is 1. The lowest BCUT2D eigenvalue weighted by Crippen LogP contribution is -2.39. The van der Waals surface area contributed by atoms with Gasteiger partial charge in [-0.15, -0.1) is 0 Å². The zero-order valence-corrected chi connectivity index (χ0v) is 20.3. The summed E-state index contributed by atoms with van der Waals surface area (Å²) in [6, 6.07) is 10.5. The minimum Gasteiger partial charge on any atom is -0.302 e. The molecule has 1 aromatic carbocycles. The lowest BCUT2D eigenvalue weighted by Gasteiger charge is -2.43. The Hall–Kier alpha value is -2.71. The Morgan fingerprint density at radius 3 is 2.69 bits per heavy atom. The number of pyridine rings is 1. The van der Waals surface area contributed by atoms with E-state index >= 15 is 0 Å². The van der Waals surface area contributed by atoms with Crippen LogP contribution in [0.1, 0.15) is 48.1 Å². The first kappa shape index (κ1) is 24.0. The zero-order valence-electron chi connectivity index (χ0n) is 18.7. The lowest BCUT2D eigenvalue weighted by molar-refractivity contribution is -0.137. The summed E-state index contributed by atoms with van der Waals surface area (Å²) in [4.78, 5) is 21.0. The third-order valence-corrected chi connectivity index (χ3v) is 7.93.